The zero-order valence-corrected chi connectivity index (χ0v) is 13.9. The Balaban J connectivity index is 2.17. The smallest absolute Gasteiger partial charge is 0.131 e. The number of allylic oxidation sites excluding steroid dienone is 2. The van der Waals surface area contributed by atoms with E-state index in [4.69, 9.17) is 4.74 Å². The van der Waals surface area contributed by atoms with Gasteiger partial charge in [0.15, 0.2) is 0 Å². The van der Waals surface area contributed by atoms with Crippen LogP contribution in [0.15, 0.2) is 42.5 Å². The lowest BCUT2D eigenvalue weighted by Crippen LogP contribution is -1.96. The van der Waals surface area contributed by atoms with Gasteiger partial charge in [0.25, 0.3) is 0 Å². The van der Waals surface area contributed by atoms with Gasteiger partial charge in [0.2, 0.25) is 0 Å². The van der Waals surface area contributed by atoms with E-state index in [1.54, 1.807) is 19.2 Å². The standard InChI is InChI=1S/C21H23FO/c1-15-8-7-11-18(19-14-17(23-2)12-13-20(19)22)21(15)16-9-5-3-4-6-10-16/h7-9,11-14H,3-6,10H2,1-2H3. The molecule has 0 amide bonds. The van der Waals surface area contributed by atoms with Gasteiger partial charge >= 0.3 is 0 Å². The second-order valence-electron chi connectivity index (χ2n) is 6.17. The van der Waals surface area contributed by atoms with Crippen LogP contribution in [-0.2, 0) is 0 Å². The van der Waals surface area contributed by atoms with E-state index in [9.17, 15) is 4.39 Å². The van der Waals surface area contributed by atoms with E-state index < -0.39 is 0 Å². The first-order valence-corrected chi connectivity index (χ1v) is 8.33. The number of ether oxygens (including phenoxy) is 1. The highest BCUT2D eigenvalue weighted by Crippen LogP contribution is 2.37. The summed E-state index contributed by atoms with van der Waals surface area (Å²) in [5.41, 5.74) is 5.35. The van der Waals surface area contributed by atoms with Gasteiger partial charge in [0.1, 0.15) is 11.6 Å². The van der Waals surface area contributed by atoms with Gasteiger partial charge in [-0.05, 0) is 73.1 Å². The maximum Gasteiger partial charge on any atom is 0.131 e. The molecule has 1 nitrogen and oxygen atoms in total. The van der Waals surface area contributed by atoms with Crippen LogP contribution in [0.2, 0.25) is 0 Å². The molecule has 120 valence electrons. The van der Waals surface area contributed by atoms with Crippen LogP contribution in [0.3, 0.4) is 0 Å². The van der Waals surface area contributed by atoms with Crippen LogP contribution < -0.4 is 4.74 Å². The summed E-state index contributed by atoms with van der Waals surface area (Å²) in [6.45, 7) is 2.11. The van der Waals surface area contributed by atoms with Crippen molar-refractivity contribution >= 4 is 5.57 Å². The summed E-state index contributed by atoms with van der Waals surface area (Å²) < 4.78 is 19.8. The number of methoxy groups -OCH3 is 1. The van der Waals surface area contributed by atoms with Crippen molar-refractivity contribution in [1.29, 1.82) is 0 Å². The number of hydrogen-bond donors (Lipinski definition) is 0. The normalized spacial score (nSPS) is 15.0. The molecular formula is C21H23FO. The first-order chi connectivity index (χ1) is 11.2. The molecule has 23 heavy (non-hydrogen) atoms. The number of rotatable bonds is 3. The first-order valence-electron chi connectivity index (χ1n) is 8.33. The molecule has 0 aromatic heterocycles. The first kappa shape index (κ1) is 15.8. The lowest BCUT2D eigenvalue weighted by Gasteiger charge is -2.17. The SMILES string of the molecule is COc1ccc(F)c(-c2cccc(C)c2C2=CCCCCC2)c1. The van der Waals surface area contributed by atoms with Crippen LogP contribution >= 0.6 is 0 Å². The lowest BCUT2D eigenvalue weighted by molar-refractivity contribution is 0.414. The van der Waals surface area contributed by atoms with Gasteiger partial charge < -0.3 is 4.74 Å². The van der Waals surface area contributed by atoms with Crippen LogP contribution in [0.4, 0.5) is 4.39 Å². The average Bonchev–Trinajstić information content (AvgIpc) is 2.84. The highest BCUT2D eigenvalue weighted by atomic mass is 19.1. The minimum Gasteiger partial charge on any atom is -0.497 e. The minimum absolute atomic E-state index is 0.202. The van der Waals surface area contributed by atoms with Gasteiger partial charge in [0, 0.05) is 5.56 Å². The van der Waals surface area contributed by atoms with E-state index in [1.807, 2.05) is 12.1 Å². The predicted octanol–water partition coefficient (Wildman–Crippen LogP) is 6.16. The molecule has 0 atom stereocenters. The molecule has 3 rings (SSSR count). The molecule has 0 aliphatic heterocycles. The van der Waals surface area contributed by atoms with Crippen LogP contribution in [0, 0.1) is 12.7 Å². The van der Waals surface area contributed by atoms with Crippen LogP contribution in [0.5, 0.6) is 5.75 Å². The van der Waals surface area contributed by atoms with Gasteiger partial charge in [0.05, 0.1) is 7.11 Å². The van der Waals surface area contributed by atoms with Crippen LogP contribution in [0.25, 0.3) is 16.7 Å². The molecule has 0 radical (unpaired) electrons. The van der Waals surface area contributed by atoms with Gasteiger partial charge in [-0.2, -0.15) is 0 Å². The minimum atomic E-state index is -0.202. The third-order valence-corrected chi connectivity index (χ3v) is 4.60. The number of halogens is 1. The van der Waals surface area contributed by atoms with E-state index in [-0.39, 0.29) is 5.82 Å². The Morgan fingerprint density at radius 1 is 1.00 bits per heavy atom. The molecule has 2 aromatic carbocycles. The predicted molar refractivity (Wildman–Crippen MR) is 94.2 cm³/mol. The fourth-order valence-electron chi connectivity index (χ4n) is 3.40. The van der Waals surface area contributed by atoms with Crippen molar-refractivity contribution in [3.63, 3.8) is 0 Å². The fraction of sp³-hybridized carbons (Fsp3) is 0.333. The van der Waals surface area contributed by atoms with E-state index in [0.29, 0.717) is 11.3 Å². The molecule has 0 bridgehead atoms. The molecule has 0 fully saturated rings. The number of aryl methyl sites for hydroxylation is 1. The molecule has 0 spiro atoms. The quantitative estimate of drug-likeness (QED) is 0.660. The molecule has 0 saturated heterocycles. The molecule has 1 aliphatic carbocycles. The zero-order valence-electron chi connectivity index (χ0n) is 13.9. The highest BCUT2D eigenvalue weighted by Gasteiger charge is 2.16. The summed E-state index contributed by atoms with van der Waals surface area (Å²) in [4.78, 5) is 0. The maximum absolute atomic E-state index is 14.5. The van der Waals surface area contributed by atoms with Crippen molar-refractivity contribution in [2.45, 2.75) is 39.0 Å². The second-order valence-corrected chi connectivity index (χ2v) is 6.17. The van der Waals surface area contributed by atoms with Gasteiger partial charge in [-0.25, -0.2) is 4.39 Å². The largest absolute Gasteiger partial charge is 0.497 e. The Bertz CT molecular complexity index is 731. The third-order valence-electron chi connectivity index (χ3n) is 4.60. The molecule has 0 unspecified atom stereocenters. The monoisotopic (exact) mass is 310 g/mol. The maximum atomic E-state index is 14.5. The number of hydrogen-bond acceptors (Lipinski definition) is 1. The van der Waals surface area contributed by atoms with Gasteiger partial charge in [-0.1, -0.05) is 30.7 Å². The van der Waals surface area contributed by atoms with E-state index in [0.717, 1.165) is 18.4 Å². The second kappa shape index (κ2) is 6.99. The Hall–Kier alpha value is -2.09. The topological polar surface area (TPSA) is 9.23 Å². The van der Waals surface area contributed by atoms with Crippen LogP contribution in [0.1, 0.15) is 43.2 Å². The molecule has 0 N–H and O–H groups in total. The van der Waals surface area contributed by atoms with Crippen molar-refractivity contribution in [2.24, 2.45) is 0 Å². The summed E-state index contributed by atoms with van der Waals surface area (Å²) in [6, 6.07) is 11.1. The van der Waals surface area contributed by atoms with Crippen molar-refractivity contribution < 1.29 is 9.13 Å². The Labute approximate surface area is 137 Å². The molecular weight excluding hydrogens is 287 g/mol. The van der Waals surface area contributed by atoms with Crippen molar-refractivity contribution in [3.8, 4) is 16.9 Å². The van der Waals surface area contributed by atoms with Gasteiger partial charge in [-0.15, -0.1) is 0 Å². The number of benzene rings is 2. The third kappa shape index (κ3) is 3.31. The summed E-state index contributed by atoms with van der Waals surface area (Å²) in [7, 11) is 1.61. The molecule has 0 heterocycles. The summed E-state index contributed by atoms with van der Waals surface area (Å²) in [5, 5.41) is 0. The van der Waals surface area contributed by atoms with Crippen molar-refractivity contribution in [2.75, 3.05) is 7.11 Å². The van der Waals surface area contributed by atoms with Crippen LogP contribution in [-0.4, -0.2) is 7.11 Å². The van der Waals surface area contributed by atoms with Crippen molar-refractivity contribution in [1.82, 2.24) is 0 Å². The Morgan fingerprint density at radius 2 is 1.87 bits per heavy atom. The summed E-state index contributed by atoms with van der Waals surface area (Å²) >= 11 is 0. The average molecular weight is 310 g/mol. The fourth-order valence-corrected chi connectivity index (χ4v) is 3.40. The zero-order chi connectivity index (χ0) is 16.2. The molecule has 1 aliphatic rings. The Morgan fingerprint density at radius 3 is 2.70 bits per heavy atom. The lowest BCUT2D eigenvalue weighted by atomic mass is 9.88. The molecule has 2 aromatic rings. The van der Waals surface area contributed by atoms with E-state index in [2.05, 4.69) is 19.1 Å². The van der Waals surface area contributed by atoms with E-state index in [1.165, 1.54) is 42.0 Å². The molecule has 0 saturated carbocycles. The molecule has 2 heteroatoms. The Kier molecular flexibility index (Phi) is 4.80. The van der Waals surface area contributed by atoms with E-state index >= 15 is 0 Å². The summed E-state index contributed by atoms with van der Waals surface area (Å²) in [6.07, 6.45) is 8.26. The highest BCUT2D eigenvalue weighted by molar-refractivity contribution is 5.84. The van der Waals surface area contributed by atoms with Gasteiger partial charge in [-0.3, -0.25) is 0 Å². The summed E-state index contributed by atoms with van der Waals surface area (Å²) in [5.74, 6) is 0.482. The van der Waals surface area contributed by atoms with Crippen molar-refractivity contribution in [3.05, 3.63) is 59.4 Å².